The molecular formula is C11H9Cl2N3. The molecule has 2 aromatic rings. The number of anilines is 1. The van der Waals surface area contributed by atoms with Gasteiger partial charge in [-0.2, -0.15) is 0 Å². The predicted octanol–water partition coefficient (Wildman–Crippen LogP) is 3.79. The molecule has 0 aliphatic rings. The SMILES string of the molecule is C=C(Cl)N(C(=C)Cl)c1ccc2nc[nH]c2c1. The van der Waals surface area contributed by atoms with Gasteiger partial charge in [-0.05, 0) is 18.2 Å². The Morgan fingerprint density at radius 3 is 2.56 bits per heavy atom. The molecule has 0 aliphatic carbocycles. The Bertz CT molecular complexity index is 545. The topological polar surface area (TPSA) is 31.9 Å². The van der Waals surface area contributed by atoms with E-state index in [4.69, 9.17) is 23.2 Å². The summed E-state index contributed by atoms with van der Waals surface area (Å²) in [5, 5.41) is 0.581. The van der Waals surface area contributed by atoms with Gasteiger partial charge in [0.1, 0.15) is 10.3 Å². The summed E-state index contributed by atoms with van der Waals surface area (Å²) in [7, 11) is 0. The van der Waals surface area contributed by atoms with Gasteiger partial charge >= 0.3 is 0 Å². The number of hydrogen-bond acceptors (Lipinski definition) is 2. The van der Waals surface area contributed by atoms with Crippen LogP contribution in [0.25, 0.3) is 11.0 Å². The average Bonchev–Trinajstić information content (AvgIpc) is 2.63. The largest absolute Gasteiger partial charge is 0.345 e. The number of H-pyrrole nitrogens is 1. The van der Waals surface area contributed by atoms with Crippen LogP contribution in [0.15, 0.2) is 48.0 Å². The lowest BCUT2D eigenvalue weighted by Gasteiger charge is -2.21. The standard InChI is InChI=1S/C11H9Cl2N3/c1-7(12)16(8(2)13)9-3-4-10-11(5-9)15-6-14-10/h3-6H,1-2H2,(H,14,15). The Balaban J connectivity index is 2.52. The molecule has 0 saturated carbocycles. The van der Waals surface area contributed by atoms with E-state index in [0.29, 0.717) is 10.3 Å². The minimum atomic E-state index is 0.291. The van der Waals surface area contributed by atoms with Crippen molar-refractivity contribution in [2.75, 3.05) is 4.90 Å². The van der Waals surface area contributed by atoms with Crippen LogP contribution < -0.4 is 4.90 Å². The molecule has 0 spiro atoms. The zero-order chi connectivity index (χ0) is 11.7. The highest BCUT2D eigenvalue weighted by Crippen LogP contribution is 2.28. The highest BCUT2D eigenvalue weighted by atomic mass is 35.5. The second kappa shape index (κ2) is 4.20. The quantitative estimate of drug-likeness (QED) is 0.845. The molecule has 1 aromatic heterocycles. The molecule has 0 bridgehead atoms. The van der Waals surface area contributed by atoms with Gasteiger partial charge in [-0.15, -0.1) is 0 Å². The highest BCUT2D eigenvalue weighted by molar-refractivity contribution is 6.36. The van der Waals surface area contributed by atoms with Crippen molar-refractivity contribution in [3.8, 4) is 0 Å². The minimum Gasteiger partial charge on any atom is -0.345 e. The van der Waals surface area contributed by atoms with Crippen molar-refractivity contribution in [2.45, 2.75) is 0 Å². The molecule has 0 amide bonds. The number of nitrogens with zero attached hydrogens (tertiary/aromatic N) is 2. The molecule has 0 fully saturated rings. The number of nitrogens with one attached hydrogen (secondary N) is 1. The number of imidazole rings is 1. The van der Waals surface area contributed by atoms with Crippen LogP contribution in [-0.4, -0.2) is 9.97 Å². The van der Waals surface area contributed by atoms with Gasteiger partial charge in [-0.3, -0.25) is 4.90 Å². The molecule has 1 aromatic carbocycles. The van der Waals surface area contributed by atoms with Crippen molar-refractivity contribution >= 4 is 39.9 Å². The van der Waals surface area contributed by atoms with Crippen LogP contribution in [0.3, 0.4) is 0 Å². The van der Waals surface area contributed by atoms with Crippen LogP contribution in [0.5, 0.6) is 0 Å². The van der Waals surface area contributed by atoms with E-state index in [2.05, 4.69) is 23.1 Å². The van der Waals surface area contributed by atoms with Gasteiger partial charge in [-0.1, -0.05) is 36.4 Å². The van der Waals surface area contributed by atoms with Crippen LogP contribution in [0.2, 0.25) is 0 Å². The zero-order valence-electron chi connectivity index (χ0n) is 8.37. The minimum absolute atomic E-state index is 0.291. The maximum atomic E-state index is 5.86. The second-order valence-electron chi connectivity index (χ2n) is 3.19. The number of aromatic amines is 1. The lowest BCUT2D eigenvalue weighted by Crippen LogP contribution is -2.14. The number of hydrogen-bond donors (Lipinski definition) is 1. The average molecular weight is 254 g/mol. The molecule has 0 radical (unpaired) electrons. The van der Waals surface area contributed by atoms with E-state index in [-0.39, 0.29) is 0 Å². The normalized spacial score (nSPS) is 10.4. The fourth-order valence-electron chi connectivity index (χ4n) is 1.47. The molecule has 16 heavy (non-hydrogen) atoms. The van der Waals surface area contributed by atoms with Crippen LogP contribution in [0, 0.1) is 0 Å². The van der Waals surface area contributed by atoms with Crippen molar-refractivity contribution in [1.82, 2.24) is 9.97 Å². The van der Waals surface area contributed by atoms with Crippen molar-refractivity contribution in [3.63, 3.8) is 0 Å². The van der Waals surface area contributed by atoms with Crippen molar-refractivity contribution < 1.29 is 0 Å². The van der Waals surface area contributed by atoms with Gasteiger partial charge in [0, 0.05) is 0 Å². The lowest BCUT2D eigenvalue weighted by molar-refractivity contribution is 1.24. The number of rotatable bonds is 3. The van der Waals surface area contributed by atoms with Crippen molar-refractivity contribution in [3.05, 3.63) is 48.0 Å². The Morgan fingerprint density at radius 2 is 1.94 bits per heavy atom. The van der Waals surface area contributed by atoms with Gasteiger partial charge < -0.3 is 4.98 Å². The molecule has 5 heteroatoms. The highest BCUT2D eigenvalue weighted by Gasteiger charge is 2.11. The van der Waals surface area contributed by atoms with Crippen LogP contribution in [-0.2, 0) is 0 Å². The number of fused-ring (bicyclic) bond motifs is 1. The Kier molecular flexibility index (Phi) is 2.90. The smallest absolute Gasteiger partial charge is 0.107 e. The van der Waals surface area contributed by atoms with E-state index in [1.165, 1.54) is 0 Å². The maximum absolute atomic E-state index is 5.86. The molecule has 0 aliphatic heterocycles. The van der Waals surface area contributed by atoms with E-state index in [0.717, 1.165) is 16.7 Å². The summed E-state index contributed by atoms with van der Waals surface area (Å²) >= 11 is 11.7. The van der Waals surface area contributed by atoms with Crippen LogP contribution in [0.1, 0.15) is 0 Å². The molecular weight excluding hydrogens is 245 g/mol. The first-order valence-electron chi connectivity index (χ1n) is 4.51. The van der Waals surface area contributed by atoms with Crippen molar-refractivity contribution in [2.24, 2.45) is 0 Å². The van der Waals surface area contributed by atoms with Gasteiger partial charge in [0.15, 0.2) is 0 Å². The second-order valence-corrected chi connectivity index (χ2v) is 4.06. The monoisotopic (exact) mass is 253 g/mol. The van der Waals surface area contributed by atoms with Gasteiger partial charge in [0.05, 0.1) is 23.0 Å². The fourth-order valence-corrected chi connectivity index (χ4v) is 1.92. The third kappa shape index (κ3) is 1.92. The third-order valence-corrected chi connectivity index (χ3v) is 2.49. The summed E-state index contributed by atoms with van der Waals surface area (Å²) in [4.78, 5) is 8.68. The first kappa shape index (κ1) is 11.0. The van der Waals surface area contributed by atoms with E-state index in [1.807, 2.05) is 18.2 Å². The van der Waals surface area contributed by atoms with Gasteiger partial charge in [0.25, 0.3) is 0 Å². The molecule has 0 unspecified atom stereocenters. The van der Waals surface area contributed by atoms with Gasteiger partial charge in [0.2, 0.25) is 0 Å². The molecule has 1 N–H and O–H groups in total. The summed E-state index contributed by atoms with van der Waals surface area (Å²) in [6, 6.07) is 5.60. The Morgan fingerprint density at radius 1 is 1.25 bits per heavy atom. The van der Waals surface area contributed by atoms with Crippen LogP contribution >= 0.6 is 23.2 Å². The predicted molar refractivity (Wildman–Crippen MR) is 68.6 cm³/mol. The summed E-state index contributed by atoms with van der Waals surface area (Å²) in [5.74, 6) is 0. The van der Waals surface area contributed by atoms with E-state index < -0.39 is 0 Å². The number of aromatic nitrogens is 2. The first-order chi connectivity index (χ1) is 7.59. The number of benzene rings is 1. The Labute approximate surface area is 103 Å². The van der Waals surface area contributed by atoms with Crippen molar-refractivity contribution in [1.29, 1.82) is 0 Å². The van der Waals surface area contributed by atoms with E-state index >= 15 is 0 Å². The molecule has 2 rings (SSSR count). The van der Waals surface area contributed by atoms with E-state index in [9.17, 15) is 0 Å². The maximum Gasteiger partial charge on any atom is 0.107 e. The summed E-state index contributed by atoms with van der Waals surface area (Å²) in [6.45, 7) is 7.28. The first-order valence-corrected chi connectivity index (χ1v) is 5.27. The summed E-state index contributed by atoms with van der Waals surface area (Å²) < 4.78 is 0. The Hall–Kier alpha value is -1.45. The summed E-state index contributed by atoms with van der Waals surface area (Å²) in [5.41, 5.74) is 2.57. The number of halogens is 2. The van der Waals surface area contributed by atoms with Crippen LogP contribution in [0.4, 0.5) is 5.69 Å². The molecule has 0 saturated heterocycles. The molecule has 3 nitrogen and oxygen atoms in total. The summed E-state index contributed by atoms with van der Waals surface area (Å²) in [6.07, 6.45) is 1.63. The molecule has 1 heterocycles. The molecule has 82 valence electrons. The van der Waals surface area contributed by atoms with E-state index in [1.54, 1.807) is 11.2 Å². The lowest BCUT2D eigenvalue weighted by atomic mass is 10.2. The van der Waals surface area contributed by atoms with Gasteiger partial charge in [-0.25, -0.2) is 4.98 Å². The third-order valence-electron chi connectivity index (χ3n) is 2.15. The zero-order valence-corrected chi connectivity index (χ0v) is 9.89. The molecule has 0 atom stereocenters. The fraction of sp³-hybridized carbons (Fsp3) is 0.